The molecule has 0 unspecified atom stereocenters. The largest absolute Gasteiger partial charge is 0.340 e. The van der Waals surface area contributed by atoms with E-state index >= 15 is 0 Å². The summed E-state index contributed by atoms with van der Waals surface area (Å²) in [5, 5.41) is 2.71. The molecule has 20 heavy (non-hydrogen) atoms. The van der Waals surface area contributed by atoms with Crippen molar-refractivity contribution in [3.8, 4) is 0 Å². The maximum atomic E-state index is 12.2. The second-order valence-corrected chi connectivity index (χ2v) is 5.24. The maximum absolute atomic E-state index is 12.2. The van der Waals surface area contributed by atoms with Crippen LogP contribution in [0.15, 0.2) is 24.3 Å². The van der Waals surface area contributed by atoms with E-state index < -0.39 is 0 Å². The van der Waals surface area contributed by atoms with Crippen molar-refractivity contribution in [1.29, 1.82) is 0 Å². The van der Waals surface area contributed by atoms with E-state index in [1.807, 2.05) is 29.2 Å². The van der Waals surface area contributed by atoms with Crippen molar-refractivity contribution >= 4 is 17.5 Å². The van der Waals surface area contributed by atoms with Crippen LogP contribution in [0.5, 0.6) is 0 Å². The Morgan fingerprint density at radius 3 is 2.25 bits per heavy atom. The molecule has 1 heterocycles. The smallest absolute Gasteiger partial charge is 0.227 e. The minimum atomic E-state index is -0.0914. The fraction of sp³-hybridized carbons (Fsp3) is 0.467. The van der Waals surface area contributed by atoms with E-state index in [0.717, 1.165) is 37.4 Å². The minimum Gasteiger partial charge on any atom is -0.340 e. The van der Waals surface area contributed by atoms with Gasteiger partial charge in [-0.05, 0) is 24.7 Å². The van der Waals surface area contributed by atoms with Crippen LogP contribution < -0.4 is 5.32 Å². The van der Waals surface area contributed by atoms with Crippen LogP contribution in [-0.4, -0.2) is 54.8 Å². The number of amides is 2. The number of anilines is 1. The molecule has 108 valence electrons. The summed E-state index contributed by atoms with van der Waals surface area (Å²) in [6.45, 7) is 4.96. The first-order valence-corrected chi connectivity index (χ1v) is 6.87. The molecule has 5 heteroatoms. The van der Waals surface area contributed by atoms with Gasteiger partial charge in [0.25, 0.3) is 0 Å². The highest BCUT2D eigenvalue weighted by Gasteiger charge is 2.18. The number of benzene rings is 1. The Morgan fingerprint density at radius 1 is 1.10 bits per heavy atom. The number of nitrogens with one attached hydrogen (secondary N) is 1. The molecule has 0 radical (unpaired) electrons. The molecule has 1 aliphatic rings. The SMILES string of the molecule is CC(=O)Nc1ccc(CC(=O)N2CCN(C)CC2)cc1. The predicted molar refractivity (Wildman–Crippen MR) is 78.5 cm³/mol. The van der Waals surface area contributed by atoms with Gasteiger partial charge in [-0.25, -0.2) is 0 Å². The van der Waals surface area contributed by atoms with Crippen LogP contribution in [0, 0.1) is 0 Å². The van der Waals surface area contributed by atoms with Gasteiger partial charge in [0.05, 0.1) is 6.42 Å². The predicted octanol–water partition coefficient (Wildman–Crippen LogP) is 0.961. The zero-order chi connectivity index (χ0) is 14.5. The summed E-state index contributed by atoms with van der Waals surface area (Å²) in [6, 6.07) is 7.43. The van der Waals surface area contributed by atoms with Gasteiger partial charge in [-0.2, -0.15) is 0 Å². The van der Waals surface area contributed by atoms with E-state index in [1.165, 1.54) is 6.92 Å². The van der Waals surface area contributed by atoms with Crippen molar-refractivity contribution in [1.82, 2.24) is 9.80 Å². The average Bonchev–Trinajstić information content (AvgIpc) is 2.41. The molecule has 2 amide bonds. The van der Waals surface area contributed by atoms with Crippen LogP contribution in [-0.2, 0) is 16.0 Å². The second kappa shape index (κ2) is 6.52. The molecular formula is C15H21N3O2. The fourth-order valence-corrected chi connectivity index (χ4v) is 2.25. The highest BCUT2D eigenvalue weighted by Crippen LogP contribution is 2.11. The third kappa shape index (κ3) is 4.06. The first kappa shape index (κ1) is 14.5. The molecule has 1 saturated heterocycles. The summed E-state index contributed by atoms with van der Waals surface area (Å²) < 4.78 is 0. The Balaban J connectivity index is 1.89. The van der Waals surface area contributed by atoms with Crippen LogP contribution in [0.4, 0.5) is 5.69 Å². The van der Waals surface area contributed by atoms with E-state index in [9.17, 15) is 9.59 Å². The number of likely N-dealkylation sites (N-methyl/N-ethyl adjacent to an activating group) is 1. The zero-order valence-electron chi connectivity index (χ0n) is 12.1. The number of carbonyl (C=O) groups is 2. The van der Waals surface area contributed by atoms with Crippen LogP contribution >= 0.6 is 0 Å². The van der Waals surface area contributed by atoms with Gasteiger partial charge in [-0.3, -0.25) is 9.59 Å². The molecule has 1 fully saturated rings. The van der Waals surface area contributed by atoms with Crippen molar-refractivity contribution in [3.63, 3.8) is 0 Å². The first-order chi connectivity index (χ1) is 9.54. The molecule has 1 aromatic carbocycles. The minimum absolute atomic E-state index is 0.0914. The van der Waals surface area contributed by atoms with Gasteiger partial charge < -0.3 is 15.1 Å². The van der Waals surface area contributed by atoms with E-state index in [-0.39, 0.29) is 11.8 Å². The number of rotatable bonds is 3. The van der Waals surface area contributed by atoms with Gasteiger partial charge in [0.2, 0.25) is 11.8 Å². The van der Waals surface area contributed by atoms with Gasteiger partial charge in [-0.1, -0.05) is 12.1 Å². The molecule has 1 aliphatic heterocycles. The molecule has 5 nitrogen and oxygen atoms in total. The summed E-state index contributed by atoms with van der Waals surface area (Å²) in [6.07, 6.45) is 0.421. The highest BCUT2D eigenvalue weighted by atomic mass is 16.2. The average molecular weight is 275 g/mol. The molecule has 0 aliphatic carbocycles. The van der Waals surface area contributed by atoms with Crippen molar-refractivity contribution in [2.75, 3.05) is 38.5 Å². The van der Waals surface area contributed by atoms with Gasteiger partial charge >= 0.3 is 0 Å². The molecule has 1 aromatic rings. The quantitative estimate of drug-likeness (QED) is 0.894. The molecule has 0 bridgehead atoms. The number of carbonyl (C=O) groups excluding carboxylic acids is 2. The second-order valence-electron chi connectivity index (χ2n) is 5.24. The Bertz CT molecular complexity index is 476. The molecule has 1 N–H and O–H groups in total. The van der Waals surface area contributed by atoms with Gasteiger partial charge in [0.1, 0.15) is 0 Å². The lowest BCUT2D eigenvalue weighted by Gasteiger charge is -2.32. The van der Waals surface area contributed by atoms with Crippen molar-refractivity contribution in [3.05, 3.63) is 29.8 Å². The molecule has 0 spiro atoms. The third-order valence-corrected chi connectivity index (χ3v) is 3.49. The highest BCUT2D eigenvalue weighted by molar-refractivity contribution is 5.88. The maximum Gasteiger partial charge on any atom is 0.227 e. The Morgan fingerprint density at radius 2 is 1.70 bits per heavy atom. The summed E-state index contributed by atoms with van der Waals surface area (Å²) in [5.74, 6) is 0.0802. The van der Waals surface area contributed by atoms with Gasteiger partial charge in [-0.15, -0.1) is 0 Å². The molecular weight excluding hydrogens is 254 g/mol. The lowest BCUT2D eigenvalue weighted by molar-refractivity contribution is -0.132. The van der Waals surface area contributed by atoms with E-state index in [1.54, 1.807) is 0 Å². The number of hydrogen-bond acceptors (Lipinski definition) is 3. The Labute approximate surface area is 119 Å². The standard InChI is InChI=1S/C15H21N3O2/c1-12(19)16-14-5-3-13(4-6-14)11-15(20)18-9-7-17(2)8-10-18/h3-6H,7-11H2,1-2H3,(H,16,19). The zero-order valence-corrected chi connectivity index (χ0v) is 12.1. The summed E-state index contributed by atoms with van der Waals surface area (Å²) in [4.78, 5) is 27.3. The Hall–Kier alpha value is -1.88. The van der Waals surface area contributed by atoms with Crippen LogP contribution in [0.3, 0.4) is 0 Å². The summed E-state index contributed by atoms with van der Waals surface area (Å²) in [5.41, 5.74) is 1.73. The topological polar surface area (TPSA) is 52.7 Å². The van der Waals surface area contributed by atoms with Crippen LogP contribution in [0.25, 0.3) is 0 Å². The van der Waals surface area contributed by atoms with E-state index in [4.69, 9.17) is 0 Å². The van der Waals surface area contributed by atoms with Crippen LogP contribution in [0.2, 0.25) is 0 Å². The van der Waals surface area contributed by atoms with Crippen molar-refractivity contribution in [2.24, 2.45) is 0 Å². The fourth-order valence-electron chi connectivity index (χ4n) is 2.25. The van der Waals surface area contributed by atoms with Crippen molar-refractivity contribution in [2.45, 2.75) is 13.3 Å². The van der Waals surface area contributed by atoms with Crippen LogP contribution in [0.1, 0.15) is 12.5 Å². The van der Waals surface area contributed by atoms with Crippen molar-refractivity contribution < 1.29 is 9.59 Å². The van der Waals surface area contributed by atoms with E-state index in [0.29, 0.717) is 6.42 Å². The number of nitrogens with zero attached hydrogens (tertiary/aromatic N) is 2. The lowest BCUT2D eigenvalue weighted by Crippen LogP contribution is -2.47. The monoisotopic (exact) mass is 275 g/mol. The summed E-state index contributed by atoms with van der Waals surface area (Å²) >= 11 is 0. The molecule has 0 atom stereocenters. The normalized spacial score (nSPS) is 16.0. The lowest BCUT2D eigenvalue weighted by atomic mass is 10.1. The Kier molecular flexibility index (Phi) is 4.74. The third-order valence-electron chi connectivity index (χ3n) is 3.49. The molecule has 2 rings (SSSR count). The first-order valence-electron chi connectivity index (χ1n) is 6.87. The molecule has 0 aromatic heterocycles. The number of hydrogen-bond donors (Lipinski definition) is 1. The molecule has 0 saturated carbocycles. The number of piperazine rings is 1. The van der Waals surface area contributed by atoms with Gasteiger partial charge in [0.15, 0.2) is 0 Å². The van der Waals surface area contributed by atoms with Gasteiger partial charge in [0, 0.05) is 38.8 Å². The van der Waals surface area contributed by atoms with E-state index in [2.05, 4.69) is 17.3 Å². The summed E-state index contributed by atoms with van der Waals surface area (Å²) in [7, 11) is 2.07.